The first kappa shape index (κ1) is 18.8. The molecule has 0 aromatic heterocycles. The average molecular weight is 376 g/mol. The molecule has 142 valence electrons. The Bertz CT molecular complexity index is 1150. The zero-order chi connectivity index (χ0) is 20.1. The zero-order valence-electron chi connectivity index (χ0n) is 16.9. The van der Waals surface area contributed by atoms with Gasteiger partial charge in [-0.2, -0.15) is 0 Å². The lowest BCUT2D eigenvalue weighted by Crippen LogP contribution is -2.07. The Morgan fingerprint density at radius 2 is 1.31 bits per heavy atom. The Kier molecular flexibility index (Phi) is 5.58. The van der Waals surface area contributed by atoms with Gasteiger partial charge in [0.15, 0.2) is 0 Å². The summed E-state index contributed by atoms with van der Waals surface area (Å²) in [5.74, 6) is 0. The maximum absolute atomic E-state index is 2.27. The molecule has 4 rings (SSSR count). The van der Waals surface area contributed by atoms with E-state index in [1.54, 1.807) is 0 Å². The fourth-order valence-corrected chi connectivity index (χ4v) is 3.48. The summed E-state index contributed by atoms with van der Waals surface area (Å²) in [6.45, 7) is 0. The van der Waals surface area contributed by atoms with E-state index in [1.807, 2.05) is 0 Å². The van der Waals surface area contributed by atoms with Crippen molar-refractivity contribution in [1.82, 2.24) is 0 Å². The standard InChI is InChI=1S/C28H25N/c1-29(2)27-18-16-22(17-19-27)10-6-7-13-24-20-26(23-11-4-3-5-12-23)21-25-14-8-9-15-28(24)25/h3-21H,1-2H3/b10-6+,13-7+. The lowest BCUT2D eigenvalue weighted by Gasteiger charge is -2.11. The second-order valence-corrected chi connectivity index (χ2v) is 7.36. The van der Waals surface area contributed by atoms with Gasteiger partial charge in [-0.25, -0.2) is 0 Å². The molecule has 0 amide bonds. The molecule has 4 aromatic carbocycles. The Morgan fingerprint density at radius 1 is 0.621 bits per heavy atom. The summed E-state index contributed by atoms with van der Waals surface area (Å²) in [6, 6.07) is 32.2. The van der Waals surface area contributed by atoms with E-state index < -0.39 is 0 Å². The molecule has 0 radical (unpaired) electrons. The molecule has 29 heavy (non-hydrogen) atoms. The summed E-state index contributed by atoms with van der Waals surface area (Å²) in [4.78, 5) is 2.11. The summed E-state index contributed by atoms with van der Waals surface area (Å²) >= 11 is 0. The first-order chi connectivity index (χ1) is 14.2. The number of allylic oxidation sites excluding steroid dienone is 2. The van der Waals surface area contributed by atoms with Gasteiger partial charge in [0, 0.05) is 19.8 Å². The predicted octanol–water partition coefficient (Wildman–Crippen LogP) is 7.30. The predicted molar refractivity (Wildman–Crippen MR) is 128 cm³/mol. The molecule has 0 aliphatic rings. The second-order valence-electron chi connectivity index (χ2n) is 7.36. The van der Waals surface area contributed by atoms with Crippen molar-refractivity contribution < 1.29 is 0 Å². The van der Waals surface area contributed by atoms with Crippen molar-refractivity contribution in [3.05, 3.63) is 114 Å². The molecule has 0 N–H and O–H groups in total. The fourth-order valence-electron chi connectivity index (χ4n) is 3.48. The Labute approximate surface area is 173 Å². The molecule has 0 bridgehead atoms. The van der Waals surface area contributed by atoms with E-state index in [2.05, 4.69) is 134 Å². The van der Waals surface area contributed by atoms with Gasteiger partial charge >= 0.3 is 0 Å². The highest BCUT2D eigenvalue weighted by Gasteiger charge is 2.03. The molecule has 0 unspecified atom stereocenters. The molecule has 0 fully saturated rings. The van der Waals surface area contributed by atoms with E-state index in [0.29, 0.717) is 0 Å². The van der Waals surface area contributed by atoms with Crippen molar-refractivity contribution in [1.29, 1.82) is 0 Å². The first-order valence-electron chi connectivity index (χ1n) is 9.91. The maximum atomic E-state index is 2.27. The van der Waals surface area contributed by atoms with Gasteiger partial charge in [0.05, 0.1) is 0 Å². The van der Waals surface area contributed by atoms with Gasteiger partial charge < -0.3 is 4.90 Å². The van der Waals surface area contributed by atoms with Crippen LogP contribution in [0, 0.1) is 0 Å². The lowest BCUT2D eigenvalue weighted by molar-refractivity contribution is 1.13. The molecule has 0 aliphatic heterocycles. The van der Waals surface area contributed by atoms with Crippen LogP contribution >= 0.6 is 0 Å². The van der Waals surface area contributed by atoms with E-state index >= 15 is 0 Å². The highest BCUT2D eigenvalue weighted by molar-refractivity contribution is 5.94. The Morgan fingerprint density at radius 3 is 2.07 bits per heavy atom. The Balaban J connectivity index is 1.62. The van der Waals surface area contributed by atoms with E-state index in [0.717, 1.165) is 0 Å². The number of hydrogen-bond donors (Lipinski definition) is 0. The molecule has 0 spiro atoms. The van der Waals surface area contributed by atoms with Gasteiger partial charge in [-0.15, -0.1) is 0 Å². The van der Waals surface area contributed by atoms with Crippen LogP contribution in [0.4, 0.5) is 5.69 Å². The molecule has 1 heteroatoms. The van der Waals surface area contributed by atoms with E-state index in [-0.39, 0.29) is 0 Å². The van der Waals surface area contributed by atoms with Crippen molar-refractivity contribution in [3.8, 4) is 11.1 Å². The summed E-state index contributed by atoms with van der Waals surface area (Å²) in [5.41, 5.74) is 6.12. The number of rotatable bonds is 5. The molecule has 0 atom stereocenters. The summed E-state index contributed by atoms with van der Waals surface area (Å²) in [6.07, 6.45) is 8.56. The van der Waals surface area contributed by atoms with Crippen LogP contribution in [-0.2, 0) is 0 Å². The van der Waals surface area contributed by atoms with Crippen molar-refractivity contribution in [3.63, 3.8) is 0 Å². The monoisotopic (exact) mass is 375 g/mol. The van der Waals surface area contributed by atoms with Crippen molar-refractivity contribution in [2.75, 3.05) is 19.0 Å². The summed E-state index contributed by atoms with van der Waals surface area (Å²) in [5, 5.41) is 2.53. The molecular formula is C28H25N. The third kappa shape index (κ3) is 4.47. The van der Waals surface area contributed by atoms with Gasteiger partial charge in [0.1, 0.15) is 0 Å². The quantitative estimate of drug-likeness (QED) is 0.331. The van der Waals surface area contributed by atoms with E-state index in [1.165, 1.54) is 38.7 Å². The van der Waals surface area contributed by atoms with Gasteiger partial charge in [0.25, 0.3) is 0 Å². The van der Waals surface area contributed by atoms with Crippen LogP contribution in [0.3, 0.4) is 0 Å². The van der Waals surface area contributed by atoms with Gasteiger partial charge in [0.2, 0.25) is 0 Å². The maximum Gasteiger partial charge on any atom is 0.0361 e. The van der Waals surface area contributed by atoms with Crippen LogP contribution < -0.4 is 4.90 Å². The number of anilines is 1. The van der Waals surface area contributed by atoms with Gasteiger partial charge in [-0.1, -0.05) is 91.0 Å². The van der Waals surface area contributed by atoms with E-state index in [9.17, 15) is 0 Å². The molecule has 4 aromatic rings. The molecule has 0 heterocycles. The number of nitrogens with zero attached hydrogens (tertiary/aromatic N) is 1. The number of benzene rings is 4. The second kappa shape index (κ2) is 8.62. The summed E-state index contributed by atoms with van der Waals surface area (Å²) in [7, 11) is 4.11. The van der Waals surface area contributed by atoms with Crippen LogP contribution in [0.1, 0.15) is 11.1 Å². The third-order valence-corrected chi connectivity index (χ3v) is 5.09. The van der Waals surface area contributed by atoms with Crippen molar-refractivity contribution in [2.45, 2.75) is 0 Å². The van der Waals surface area contributed by atoms with Gasteiger partial charge in [-0.05, 0) is 57.3 Å². The summed E-state index contributed by atoms with van der Waals surface area (Å²) < 4.78 is 0. The van der Waals surface area contributed by atoms with Crippen LogP contribution in [0.15, 0.2) is 103 Å². The van der Waals surface area contributed by atoms with E-state index in [4.69, 9.17) is 0 Å². The van der Waals surface area contributed by atoms with Crippen LogP contribution in [0.5, 0.6) is 0 Å². The molecule has 1 nitrogen and oxygen atoms in total. The van der Waals surface area contributed by atoms with Crippen LogP contribution in [-0.4, -0.2) is 14.1 Å². The van der Waals surface area contributed by atoms with Crippen LogP contribution in [0.2, 0.25) is 0 Å². The minimum Gasteiger partial charge on any atom is -0.378 e. The number of fused-ring (bicyclic) bond motifs is 1. The highest BCUT2D eigenvalue weighted by atomic mass is 15.1. The SMILES string of the molecule is CN(C)c1ccc(/C=C/C=C/c2cc(-c3ccccc3)cc3ccccc23)cc1. The molecule has 0 aliphatic carbocycles. The van der Waals surface area contributed by atoms with Crippen molar-refractivity contribution in [2.24, 2.45) is 0 Å². The minimum absolute atomic E-state index is 1.20. The molecule has 0 saturated carbocycles. The molecular weight excluding hydrogens is 350 g/mol. The normalized spacial score (nSPS) is 11.5. The third-order valence-electron chi connectivity index (χ3n) is 5.09. The number of hydrogen-bond acceptors (Lipinski definition) is 1. The first-order valence-corrected chi connectivity index (χ1v) is 9.91. The fraction of sp³-hybridized carbons (Fsp3) is 0.0714. The largest absolute Gasteiger partial charge is 0.378 e. The van der Waals surface area contributed by atoms with Gasteiger partial charge in [-0.3, -0.25) is 0 Å². The lowest BCUT2D eigenvalue weighted by atomic mass is 9.96. The Hall–Kier alpha value is -3.58. The zero-order valence-corrected chi connectivity index (χ0v) is 16.9. The average Bonchev–Trinajstić information content (AvgIpc) is 2.77. The molecule has 0 saturated heterocycles. The van der Waals surface area contributed by atoms with Crippen LogP contribution in [0.25, 0.3) is 34.1 Å². The van der Waals surface area contributed by atoms with Crippen molar-refractivity contribution >= 4 is 28.6 Å². The highest BCUT2D eigenvalue weighted by Crippen LogP contribution is 2.28. The smallest absolute Gasteiger partial charge is 0.0361 e. The minimum atomic E-state index is 1.20. The topological polar surface area (TPSA) is 3.24 Å².